The summed E-state index contributed by atoms with van der Waals surface area (Å²) >= 11 is 0. The van der Waals surface area contributed by atoms with Gasteiger partial charge in [-0.3, -0.25) is 14.9 Å². The average molecular weight is 369 g/mol. The minimum Gasteiger partial charge on any atom is -0.497 e. The van der Waals surface area contributed by atoms with Crippen molar-refractivity contribution in [3.8, 4) is 5.75 Å². The van der Waals surface area contributed by atoms with Crippen LogP contribution < -0.4 is 10.1 Å². The molecule has 1 fully saturated rings. The number of methoxy groups -OCH3 is 1. The maximum absolute atomic E-state index is 12.9. The third-order valence-electron chi connectivity index (χ3n) is 4.88. The topological polar surface area (TPSA) is 84.7 Å². The highest BCUT2D eigenvalue weighted by molar-refractivity contribution is 5.95. The lowest BCUT2D eigenvalue weighted by atomic mass is 10.1. The molecule has 0 saturated heterocycles. The molecule has 2 aromatic carbocycles. The fourth-order valence-corrected chi connectivity index (χ4v) is 2.87. The number of nitrogens with zero attached hydrogens (tertiary/aromatic N) is 2. The van der Waals surface area contributed by atoms with Gasteiger partial charge in [-0.25, -0.2) is 0 Å². The Labute approximate surface area is 158 Å². The van der Waals surface area contributed by atoms with Crippen LogP contribution in [-0.4, -0.2) is 35.9 Å². The molecule has 7 heteroatoms. The van der Waals surface area contributed by atoms with Crippen LogP contribution in [0, 0.1) is 10.1 Å². The molecule has 0 heterocycles. The number of ether oxygens (including phenoxy) is 1. The van der Waals surface area contributed by atoms with Gasteiger partial charge >= 0.3 is 0 Å². The zero-order chi connectivity index (χ0) is 19.6. The van der Waals surface area contributed by atoms with Crippen molar-refractivity contribution in [2.24, 2.45) is 0 Å². The highest BCUT2D eigenvalue weighted by Crippen LogP contribution is 2.32. The van der Waals surface area contributed by atoms with Gasteiger partial charge in [0, 0.05) is 24.7 Å². The fraction of sp³-hybridized carbons (Fsp3) is 0.350. The van der Waals surface area contributed by atoms with Crippen molar-refractivity contribution in [2.75, 3.05) is 19.5 Å². The highest BCUT2D eigenvalue weighted by atomic mass is 16.6. The molecule has 0 radical (unpaired) electrons. The van der Waals surface area contributed by atoms with Crippen LogP contribution >= 0.6 is 0 Å². The predicted octanol–water partition coefficient (Wildman–Crippen LogP) is 4.01. The van der Waals surface area contributed by atoms with Gasteiger partial charge in [0.15, 0.2) is 0 Å². The number of nitrogens with one attached hydrogen (secondary N) is 1. The summed E-state index contributed by atoms with van der Waals surface area (Å²) in [6, 6.07) is 12.2. The van der Waals surface area contributed by atoms with E-state index in [4.69, 9.17) is 4.74 Å². The first-order valence-electron chi connectivity index (χ1n) is 8.86. The van der Waals surface area contributed by atoms with Crippen LogP contribution in [0.2, 0.25) is 0 Å². The minimum absolute atomic E-state index is 0.0711. The highest BCUT2D eigenvalue weighted by Gasteiger charge is 2.27. The Morgan fingerprint density at radius 3 is 2.48 bits per heavy atom. The first kappa shape index (κ1) is 18.7. The molecule has 1 unspecified atom stereocenters. The van der Waals surface area contributed by atoms with Crippen molar-refractivity contribution in [3.63, 3.8) is 0 Å². The smallest absolute Gasteiger partial charge is 0.293 e. The number of rotatable bonds is 7. The molecule has 0 aliphatic heterocycles. The zero-order valence-corrected chi connectivity index (χ0v) is 15.6. The minimum atomic E-state index is -0.450. The lowest BCUT2D eigenvalue weighted by Gasteiger charge is -2.25. The number of amides is 1. The summed E-state index contributed by atoms with van der Waals surface area (Å²) in [7, 11) is 3.29. The van der Waals surface area contributed by atoms with E-state index in [0.717, 1.165) is 24.2 Å². The van der Waals surface area contributed by atoms with E-state index in [9.17, 15) is 14.9 Å². The van der Waals surface area contributed by atoms with Crippen molar-refractivity contribution in [3.05, 3.63) is 63.7 Å². The van der Waals surface area contributed by atoms with Gasteiger partial charge in [0.2, 0.25) is 0 Å². The van der Waals surface area contributed by atoms with Crippen molar-refractivity contribution < 1.29 is 14.5 Å². The van der Waals surface area contributed by atoms with Gasteiger partial charge in [-0.2, -0.15) is 0 Å². The summed E-state index contributed by atoms with van der Waals surface area (Å²) in [6.07, 6.45) is 2.03. The summed E-state index contributed by atoms with van der Waals surface area (Å²) in [6.45, 7) is 1.91. The first-order valence-corrected chi connectivity index (χ1v) is 8.86. The summed E-state index contributed by atoms with van der Waals surface area (Å²) < 4.78 is 5.15. The Bertz CT molecular complexity index is 847. The Balaban J connectivity index is 1.80. The third-order valence-corrected chi connectivity index (χ3v) is 4.88. The van der Waals surface area contributed by atoms with E-state index in [2.05, 4.69) is 5.32 Å². The lowest BCUT2D eigenvalue weighted by molar-refractivity contribution is -0.384. The van der Waals surface area contributed by atoms with E-state index in [1.807, 2.05) is 31.2 Å². The number of nitro groups is 1. The monoisotopic (exact) mass is 369 g/mol. The third kappa shape index (κ3) is 4.19. The Morgan fingerprint density at radius 2 is 1.93 bits per heavy atom. The molecule has 27 heavy (non-hydrogen) atoms. The number of carbonyl (C=O) groups is 1. The standard InChI is InChI=1S/C20H23N3O4/c1-13(14-4-9-17(27-3)10-5-14)22(2)20(24)15-6-11-18(21-16-7-8-16)19(12-15)23(25)26/h4-6,9-13,16,21H,7-8H2,1-3H3. The lowest BCUT2D eigenvalue weighted by Crippen LogP contribution is -2.29. The quantitative estimate of drug-likeness (QED) is 0.589. The number of hydrogen-bond donors (Lipinski definition) is 1. The van der Waals surface area contributed by atoms with E-state index >= 15 is 0 Å². The van der Waals surface area contributed by atoms with Crippen LogP contribution in [0.15, 0.2) is 42.5 Å². The molecule has 1 N–H and O–H groups in total. The van der Waals surface area contributed by atoms with Crippen LogP contribution in [0.5, 0.6) is 5.75 Å². The number of benzene rings is 2. The van der Waals surface area contributed by atoms with Crippen LogP contribution in [-0.2, 0) is 0 Å². The Kier molecular flexibility index (Phi) is 5.30. The SMILES string of the molecule is COc1ccc(C(C)N(C)C(=O)c2ccc(NC3CC3)c([N+](=O)[O-])c2)cc1. The molecular formula is C20H23N3O4. The normalized spacial score (nSPS) is 14.3. The van der Waals surface area contributed by atoms with Crippen molar-refractivity contribution in [2.45, 2.75) is 31.8 Å². The molecule has 1 atom stereocenters. The first-order chi connectivity index (χ1) is 12.9. The summed E-state index contributed by atoms with van der Waals surface area (Å²) in [5, 5.41) is 14.6. The second-order valence-corrected chi connectivity index (χ2v) is 6.77. The van der Waals surface area contributed by atoms with Gasteiger partial charge in [-0.15, -0.1) is 0 Å². The molecule has 0 bridgehead atoms. The molecule has 7 nitrogen and oxygen atoms in total. The number of anilines is 1. The molecule has 0 spiro atoms. The fourth-order valence-electron chi connectivity index (χ4n) is 2.87. The van der Waals surface area contributed by atoms with Crippen LogP contribution in [0.4, 0.5) is 11.4 Å². The second-order valence-electron chi connectivity index (χ2n) is 6.77. The van der Waals surface area contributed by atoms with Crippen molar-refractivity contribution in [1.29, 1.82) is 0 Å². The Hall–Kier alpha value is -3.09. The van der Waals surface area contributed by atoms with E-state index in [1.54, 1.807) is 31.2 Å². The van der Waals surface area contributed by atoms with E-state index in [1.165, 1.54) is 6.07 Å². The summed E-state index contributed by atoms with van der Waals surface area (Å²) in [5.74, 6) is 0.480. The molecule has 1 aliphatic rings. The van der Waals surface area contributed by atoms with E-state index < -0.39 is 4.92 Å². The zero-order valence-electron chi connectivity index (χ0n) is 15.6. The van der Waals surface area contributed by atoms with Gasteiger partial charge in [-0.05, 0) is 49.6 Å². The molecular weight excluding hydrogens is 346 g/mol. The molecule has 0 aromatic heterocycles. The molecule has 142 valence electrons. The van der Waals surface area contributed by atoms with Crippen LogP contribution in [0.3, 0.4) is 0 Å². The molecule has 2 aromatic rings. The van der Waals surface area contributed by atoms with Crippen molar-refractivity contribution >= 4 is 17.3 Å². The van der Waals surface area contributed by atoms with Crippen molar-refractivity contribution in [1.82, 2.24) is 4.90 Å². The van der Waals surface area contributed by atoms with E-state index in [0.29, 0.717) is 17.3 Å². The molecule has 1 amide bonds. The maximum Gasteiger partial charge on any atom is 0.293 e. The number of carbonyl (C=O) groups excluding carboxylic acids is 1. The van der Waals surface area contributed by atoms with Gasteiger partial charge in [0.05, 0.1) is 18.1 Å². The summed E-state index contributed by atoms with van der Waals surface area (Å²) in [5.41, 5.74) is 1.64. The van der Waals surface area contributed by atoms with Gasteiger partial charge in [0.1, 0.15) is 11.4 Å². The van der Waals surface area contributed by atoms with Gasteiger partial charge in [-0.1, -0.05) is 12.1 Å². The maximum atomic E-state index is 12.9. The van der Waals surface area contributed by atoms with E-state index in [-0.39, 0.29) is 17.6 Å². The number of hydrogen-bond acceptors (Lipinski definition) is 5. The van der Waals surface area contributed by atoms with Gasteiger partial charge in [0.25, 0.3) is 11.6 Å². The summed E-state index contributed by atoms with van der Waals surface area (Å²) in [4.78, 5) is 25.4. The van der Waals surface area contributed by atoms with Crippen LogP contribution in [0.1, 0.15) is 41.7 Å². The average Bonchev–Trinajstić information content (AvgIpc) is 3.50. The molecule has 3 rings (SSSR count). The molecule has 1 aliphatic carbocycles. The number of nitro benzene ring substituents is 1. The van der Waals surface area contributed by atoms with Crippen LogP contribution in [0.25, 0.3) is 0 Å². The van der Waals surface area contributed by atoms with Gasteiger partial charge < -0.3 is 15.0 Å². The second kappa shape index (κ2) is 7.65. The largest absolute Gasteiger partial charge is 0.497 e. The predicted molar refractivity (Wildman–Crippen MR) is 103 cm³/mol. The molecule has 1 saturated carbocycles. The Morgan fingerprint density at radius 1 is 1.26 bits per heavy atom.